The highest BCUT2D eigenvalue weighted by Crippen LogP contribution is 2.16. The first-order valence-corrected chi connectivity index (χ1v) is 7.49. The van der Waals surface area contributed by atoms with Crippen molar-refractivity contribution in [1.29, 1.82) is 0 Å². The molecule has 2 aromatic rings. The quantitative estimate of drug-likeness (QED) is 0.374. The third-order valence-electron chi connectivity index (χ3n) is 2.63. The number of nitrogen functional groups attached to an aromatic ring is 1. The average Bonchev–Trinajstić information content (AvgIpc) is 2.97. The second-order valence-electron chi connectivity index (χ2n) is 4.05. The second kappa shape index (κ2) is 6.46. The largest absolute Gasteiger partial charge is 0.337 e. The maximum Gasteiger partial charge on any atom is 0.260 e. The van der Waals surface area contributed by atoms with E-state index in [4.69, 9.17) is 5.84 Å². The molecule has 8 nitrogen and oxygen atoms in total. The Kier molecular flexibility index (Phi) is 4.66. The number of hydrogen-bond acceptors (Lipinski definition) is 6. The van der Waals surface area contributed by atoms with Crippen LogP contribution in [0.3, 0.4) is 0 Å². The summed E-state index contributed by atoms with van der Waals surface area (Å²) in [6.45, 7) is 0.994. The smallest absolute Gasteiger partial charge is 0.260 e. The van der Waals surface area contributed by atoms with Crippen molar-refractivity contribution < 1.29 is 8.42 Å². The lowest BCUT2D eigenvalue weighted by Crippen LogP contribution is -2.27. The molecular weight excluding hydrogens is 280 g/mol. The Labute approximate surface area is 117 Å². The van der Waals surface area contributed by atoms with Gasteiger partial charge in [0.15, 0.2) is 5.03 Å². The highest BCUT2D eigenvalue weighted by molar-refractivity contribution is 7.89. The molecular formula is C11H16N6O2S. The standard InChI is InChI=1S/C11H16N6O2S/c12-16-10-3-1-4-14-11(10)20(18,19)15-5-2-7-17-8-6-13-9-17/h1,3-4,6,8-9,15-16H,2,5,7,12H2. The normalized spacial score (nSPS) is 11.4. The van der Waals surface area contributed by atoms with Crippen LogP contribution in [0.5, 0.6) is 0 Å². The summed E-state index contributed by atoms with van der Waals surface area (Å²) in [5, 5.41) is -0.106. The van der Waals surface area contributed by atoms with E-state index < -0.39 is 10.0 Å². The molecule has 9 heteroatoms. The number of rotatable bonds is 7. The Morgan fingerprint density at radius 3 is 2.90 bits per heavy atom. The maximum atomic E-state index is 12.1. The fourth-order valence-corrected chi connectivity index (χ4v) is 2.84. The monoisotopic (exact) mass is 296 g/mol. The fraction of sp³-hybridized carbons (Fsp3) is 0.273. The van der Waals surface area contributed by atoms with Gasteiger partial charge < -0.3 is 9.99 Å². The van der Waals surface area contributed by atoms with Gasteiger partial charge in [-0.3, -0.25) is 5.84 Å². The van der Waals surface area contributed by atoms with Gasteiger partial charge in [-0.05, 0) is 18.6 Å². The molecule has 4 N–H and O–H groups in total. The Bertz CT molecular complexity index is 641. The zero-order chi connectivity index (χ0) is 14.4. The van der Waals surface area contributed by atoms with Gasteiger partial charge in [0.05, 0.1) is 12.0 Å². The molecule has 0 aromatic carbocycles. The molecule has 0 atom stereocenters. The molecule has 0 radical (unpaired) electrons. The number of hydrazine groups is 1. The van der Waals surface area contributed by atoms with E-state index in [1.807, 2.05) is 10.8 Å². The van der Waals surface area contributed by atoms with Crippen LogP contribution >= 0.6 is 0 Å². The highest BCUT2D eigenvalue weighted by Gasteiger charge is 2.18. The van der Waals surface area contributed by atoms with Gasteiger partial charge >= 0.3 is 0 Å². The van der Waals surface area contributed by atoms with Crippen molar-refractivity contribution >= 4 is 15.7 Å². The molecule has 0 unspecified atom stereocenters. The molecule has 0 aliphatic rings. The van der Waals surface area contributed by atoms with Gasteiger partial charge in [-0.1, -0.05) is 0 Å². The van der Waals surface area contributed by atoms with Gasteiger partial charge in [-0.15, -0.1) is 0 Å². The minimum Gasteiger partial charge on any atom is -0.337 e. The minimum absolute atomic E-state index is 0.106. The zero-order valence-electron chi connectivity index (χ0n) is 10.7. The van der Waals surface area contributed by atoms with E-state index in [1.54, 1.807) is 24.7 Å². The van der Waals surface area contributed by atoms with E-state index in [9.17, 15) is 8.42 Å². The van der Waals surface area contributed by atoms with Crippen LogP contribution in [0.4, 0.5) is 5.69 Å². The van der Waals surface area contributed by atoms with Crippen molar-refractivity contribution in [3.8, 4) is 0 Å². The average molecular weight is 296 g/mol. The molecule has 0 bridgehead atoms. The Morgan fingerprint density at radius 1 is 1.35 bits per heavy atom. The van der Waals surface area contributed by atoms with E-state index in [1.165, 1.54) is 6.20 Å². The lowest BCUT2D eigenvalue weighted by Gasteiger charge is -2.09. The van der Waals surface area contributed by atoms with E-state index in [0.717, 1.165) is 0 Å². The molecule has 0 saturated carbocycles. The van der Waals surface area contributed by atoms with Crippen molar-refractivity contribution in [3.63, 3.8) is 0 Å². The summed E-state index contributed by atoms with van der Waals surface area (Å²) in [6.07, 6.45) is 7.24. The van der Waals surface area contributed by atoms with Crippen LogP contribution in [0.15, 0.2) is 42.1 Å². The molecule has 0 aliphatic carbocycles. The highest BCUT2D eigenvalue weighted by atomic mass is 32.2. The van der Waals surface area contributed by atoms with Crippen molar-refractivity contribution in [2.24, 2.45) is 5.84 Å². The molecule has 0 spiro atoms. The topological polar surface area (TPSA) is 115 Å². The van der Waals surface area contributed by atoms with Crippen LogP contribution in [0.25, 0.3) is 0 Å². The number of nitrogens with one attached hydrogen (secondary N) is 2. The van der Waals surface area contributed by atoms with Gasteiger partial charge in [0.2, 0.25) is 0 Å². The summed E-state index contributed by atoms with van der Waals surface area (Å²) in [7, 11) is -3.67. The Morgan fingerprint density at radius 2 is 2.20 bits per heavy atom. The molecule has 2 aromatic heterocycles. The first-order valence-electron chi connectivity index (χ1n) is 6.00. The number of aromatic nitrogens is 3. The molecule has 20 heavy (non-hydrogen) atoms. The predicted octanol–water partition coefficient (Wildman–Crippen LogP) is -0.0677. The number of nitrogens with zero attached hydrogens (tertiary/aromatic N) is 3. The maximum absolute atomic E-state index is 12.1. The summed E-state index contributed by atoms with van der Waals surface area (Å²) < 4.78 is 28.5. The summed E-state index contributed by atoms with van der Waals surface area (Å²) >= 11 is 0. The minimum atomic E-state index is -3.67. The van der Waals surface area contributed by atoms with E-state index >= 15 is 0 Å². The summed E-state index contributed by atoms with van der Waals surface area (Å²) in [6, 6.07) is 3.15. The van der Waals surface area contributed by atoms with Crippen molar-refractivity contribution in [2.45, 2.75) is 18.0 Å². The lowest BCUT2D eigenvalue weighted by atomic mass is 10.4. The molecule has 0 aliphatic heterocycles. The number of aryl methyl sites for hydroxylation is 1. The zero-order valence-corrected chi connectivity index (χ0v) is 11.5. The number of imidazole rings is 1. The Balaban J connectivity index is 1.94. The summed E-state index contributed by atoms with van der Waals surface area (Å²) in [5.41, 5.74) is 2.58. The summed E-state index contributed by atoms with van der Waals surface area (Å²) in [4.78, 5) is 7.75. The van der Waals surface area contributed by atoms with E-state index in [-0.39, 0.29) is 10.7 Å². The van der Waals surface area contributed by atoms with Crippen LogP contribution in [-0.4, -0.2) is 29.5 Å². The number of nitrogens with two attached hydrogens (primary N) is 1. The number of sulfonamides is 1. The van der Waals surface area contributed by atoms with Crippen molar-refractivity contribution in [2.75, 3.05) is 12.0 Å². The summed E-state index contributed by atoms with van der Waals surface area (Å²) in [5.74, 6) is 5.27. The molecule has 0 saturated heterocycles. The first kappa shape index (κ1) is 14.4. The molecule has 0 amide bonds. The third-order valence-corrected chi connectivity index (χ3v) is 4.04. The van der Waals surface area contributed by atoms with Gasteiger partial charge in [0.25, 0.3) is 10.0 Å². The number of anilines is 1. The fourth-order valence-electron chi connectivity index (χ4n) is 1.67. The van der Waals surface area contributed by atoms with Gasteiger partial charge in [0.1, 0.15) is 0 Å². The Hall–Kier alpha value is -1.97. The van der Waals surface area contributed by atoms with Gasteiger partial charge in [-0.2, -0.15) is 0 Å². The lowest BCUT2D eigenvalue weighted by molar-refractivity contribution is 0.567. The van der Waals surface area contributed by atoms with Crippen LogP contribution < -0.4 is 16.0 Å². The predicted molar refractivity (Wildman–Crippen MR) is 74.1 cm³/mol. The molecule has 108 valence electrons. The van der Waals surface area contributed by atoms with E-state index in [0.29, 0.717) is 19.5 Å². The van der Waals surface area contributed by atoms with Gasteiger partial charge in [-0.25, -0.2) is 23.1 Å². The number of hydrogen-bond donors (Lipinski definition) is 3. The van der Waals surface area contributed by atoms with Crippen LogP contribution in [-0.2, 0) is 16.6 Å². The molecule has 2 heterocycles. The molecule has 2 rings (SSSR count). The van der Waals surface area contributed by atoms with E-state index in [2.05, 4.69) is 20.1 Å². The van der Waals surface area contributed by atoms with Crippen LogP contribution in [0, 0.1) is 0 Å². The van der Waals surface area contributed by atoms with Crippen LogP contribution in [0.2, 0.25) is 0 Å². The number of pyridine rings is 1. The SMILES string of the molecule is NNc1cccnc1S(=O)(=O)NCCCn1ccnc1. The van der Waals surface area contributed by atoms with Crippen LogP contribution in [0.1, 0.15) is 6.42 Å². The second-order valence-corrected chi connectivity index (χ2v) is 5.73. The first-order chi connectivity index (χ1) is 9.63. The van der Waals surface area contributed by atoms with Crippen molar-refractivity contribution in [3.05, 3.63) is 37.1 Å². The van der Waals surface area contributed by atoms with Gasteiger partial charge in [0, 0.05) is 31.7 Å². The third kappa shape index (κ3) is 3.53. The van der Waals surface area contributed by atoms with Crippen molar-refractivity contribution in [1.82, 2.24) is 19.3 Å². The molecule has 0 fully saturated rings.